The van der Waals surface area contributed by atoms with Gasteiger partial charge in [-0.05, 0) is 60.6 Å². The lowest BCUT2D eigenvalue weighted by molar-refractivity contribution is -0.105. The molecule has 1 fully saturated rings. The Morgan fingerprint density at radius 1 is 1.06 bits per heavy atom. The van der Waals surface area contributed by atoms with Crippen molar-refractivity contribution in [2.24, 2.45) is 5.92 Å². The molecule has 0 aliphatic carbocycles. The normalized spacial score (nSPS) is 14.2. The molecule has 4 rings (SSSR count). The van der Waals surface area contributed by atoms with Gasteiger partial charge in [0.1, 0.15) is 5.82 Å². The molecule has 0 atom stereocenters. The van der Waals surface area contributed by atoms with E-state index in [1.807, 2.05) is 12.4 Å². The predicted octanol–water partition coefficient (Wildman–Crippen LogP) is 4.24. The van der Waals surface area contributed by atoms with Gasteiger partial charge in [-0.25, -0.2) is 23.7 Å². The van der Waals surface area contributed by atoms with E-state index in [1.165, 1.54) is 18.3 Å². The van der Waals surface area contributed by atoms with Crippen molar-refractivity contribution in [1.82, 2.24) is 15.0 Å². The number of amides is 1. The Morgan fingerprint density at radius 3 is 2.33 bits per heavy atom. The van der Waals surface area contributed by atoms with Gasteiger partial charge in [-0.2, -0.15) is 0 Å². The molecule has 0 radical (unpaired) electrons. The molecular formula is C24H25F2N5O2. The fourth-order valence-electron chi connectivity index (χ4n) is 3.77. The molecule has 1 aromatic carbocycles. The Balaban J connectivity index is 1.34. The van der Waals surface area contributed by atoms with Crippen molar-refractivity contribution in [3.05, 3.63) is 60.1 Å². The first-order chi connectivity index (χ1) is 16.1. The van der Waals surface area contributed by atoms with Gasteiger partial charge in [0, 0.05) is 37.2 Å². The number of nitrogens with one attached hydrogen (secondary N) is 1. The average molecular weight is 453 g/mol. The van der Waals surface area contributed by atoms with Gasteiger partial charge in [-0.1, -0.05) is 6.92 Å². The largest absolute Gasteiger partial charge is 0.487 e. The number of ether oxygens (including phenoxy) is 1. The SMILES string of the molecule is CCc1cnc(N2CCC(COc3c(F)cc(-c4ccc(NC=O)nc4)cc3F)CC2)nc1. The molecule has 1 saturated heterocycles. The monoisotopic (exact) mass is 453 g/mol. The van der Waals surface area contributed by atoms with Crippen LogP contribution in [0, 0.1) is 17.6 Å². The number of halogens is 2. The van der Waals surface area contributed by atoms with Crippen molar-refractivity contribution in [3.63, 3.8) is 0 Å². The van der Waals surface area contributed by atoms with E-state index in [4.69, 9.17) is 4.74 Å². The summed E-state index contributed by atoms with van der Waals surface area (Å²) in [4.78, 5) is 25.5. The minimum absolute atomic E-state index is 0.191. The molecule has 1 aliphatic rings. The Morgan fingerprint density at radius 2 is 1.76 bits per heavy atom. The molecule has 3 aromatic rings. The lowest BCUT2D eigenvalue weighted by Crippen LogP contribution is -2.36. The summed E-state index contributed by atoms with van der Waals surface area (Å²) < 4.78 is 34.8. The molecular weight excluding hydrogens is 428 g/mol. The summed E-state index contributed by atoms with van der Waals surface area (Å²) in [6.07, 6.45) is 8.19. The zero-order chi connectivity index (χ0) is 23.2. The van der Waals surface area contributed by atoms with Crippen LogP contribution in [-0.4, -0.2) is 41.1 Å². The molecule has 0 unspecified atom stereocenters. The van der Waals surface area contributed by atoms with Gasteiger partial charge in [0.15, 0.2) is 17.4 Å². The Kier molecular flexibility index (Phi) is 7.07. The van der Waals surface area contributed by atoms with Crippen LogP contribution in [0.1, 0.15) is 25.3 Å². The van der Waals surface area contributed by atoms with E-state index in [0.29, 0.717) is 29.3 Å². The van der Waals surface area contributed by atoms with E-state index >= 15 is 0 Å². The second-order valence-electron chi connectivity index (χ2n) is 7.95. The maximum absolute atomic E-state index is 14.6. The van der Waals surface area contributed by atoms with Crippen LogP contribution in [0.4, 0.5) is 20.5 Å². The van der Waals surface area contributed by atoms with Gasteiger partial charge in [0.2, 0.25) is 12.4 Å². The summed E-state index contributed by atoms with van der Waals surface area (Å²) in [5, 5.41) is 2.41. The van der Waals surface area contributed by atoms with Crippen molar-refractivity contribution >= 4 is 18.2 Å². The number of hydrogen-bond acceptors (Lipinski definition) is 6. The molecule has 1 N–H and O–H groups in total. The summed E-state index contributed by atoms with van der Waals surface area (Å²) in [5.41, 5.74) is 1.96. The Labute approximate surface area is 190 Å². The highest BCUT2D eigenvalue weighted by Crippen LogP contribution is 2.30. The average Bonchev–Trinajstić information content (AvgIpc) is 2.84. The number of benzene rings is 1. The highest BCUT2D eigenvalue weighted by Gasteiger charge is 2.23. The summed E-state index contributed by atoms with van der Waals surface area (Å²) >= 11 is 0. The van der Waals surface area contributed by atoms with Gasteiger partial charge >= 0.3 is 0 Å². The van der Waals surface area contributed by atoms with E-state index in [2.05, 4.69) is 32.1 Å². The molecule has 1 aliphatic heterocycles. The number of pyridine rings is 1. The molecule has 3 heterocycles. The number of anilines is 2. The van der Waals surface area contributed by atoms with E-state index in [1.54, 1.807) is 12.1 Å². The van der Waals surface area contributed by atoms with Crippen LogP contribution in [-0.2, 0) is 11.2 Å². The molecule has 0 bridgehead atoms. The highest BCUT2D eigenvalue weighted by atomic mass is 19.1. The van der Waals surface area contributed by atoms with E-state index in [9.17, 15) is 13.6 Å². The van der Waals surface area contributed by atoms with Gasteiger partial charge < -0.3 is 15.0 Å². The fourth-order valence-corrected chi connectivity index (χ4v) is 3.77. The molecule has 2 aromatic heterocycles. The topological polar surface area (TPSA) is 80.2 Å². The molecule has 0 spiro atoms. The zero-order valence-electron chi connectivity index (χ0n) is 18.3. The third-order valence-electron chi connectivity index (χ3n) is 5.76. The number of aromatic nitrogens is 3. The van der Waals surface area contributed by atoms with Gasteiger partial charge in [0.05, 0.1) is 6.61 Å². The lowest BCUT2D eigenvalue weighted by atomic mass is 9.98. The van der Waals surface area contributed by atoms with Gasteiger partial charge in [-0.3, -0.25) is 4.79 Å². The lowest BCUT2D eigenvalue weighted by Gasteiger charge is -2.31. The van der Waals surface area contributed by atoms with Crippen molar-refractivity contribution in [2.45, 2.75) is 26.2 Å². The number of piperidine rings is 1. The van der Waals surface area contributed by atoms with Crippen LogP contribution in [0.3, 0.4) is 0 Å². The standard InChI is InChI=1S/C24H25F2N5O2/c1-2-16-11-28-24(29-12-16)31-7-5-17(6-8-31)14-33-23-20(25)9-19(10-21(23)26)18-3-4-22(27-13-18)30-15-32/h3-4,9-13,15,17H,2,5-8,14H2,1H3,(H,27,30,32). The minimum Gasteiger partial charge on any atom is -0.487 e. The second kappa shape index (κ2) is 10.3. The van der Waals surface area contributed by atoms with Gasteiger partial charge in [0.25, 0.3) is 0 Å². The van der Waals surface area contributed by atoms with Gasteiger partial charge in [-0.15, -0.1) is 0 Å². The second-order valence-corrected chi connectivity index (χ2v) is 7.95. The Bertz CT molecular complexity index is 1060. The van der Waals surface area contributed by atoms with Crippen molar-refractivity contribution in [3.8, 4) is 16.9 Å². The number of carbonyl (C=O) groups is 1. The summed E-state index contributed by atoms with van der Waals surface area (Å²) in [6.45, 7) is 3.84. The van der Waals surface area contributed by atoms with Crippen molar-refractivity contribution in [2.75, 3.05) is 29.9 Å². The molecule has 9 heteroatoms. The van der Waals surface area contributed by atoms with Crippen molar-refractivity contribution < 1.29 is 18.3 Å². The molecule has 1 amide bonds. The molecule has 33 heavy (non-hydrogen) atoms. The number of hydrogen-bond donors (Lipinski definition) is 1. The maximum atomic E-state index is 14.6. The Hall–Kier alpha value is -3.62. The van der Waals surface area contributed by atoms with Crippen LogP contribution < -0.4 is 15.0 Å². The molecule has 7 nitrogen and oxygen atoms in total. The first kappa shape index (κ1) is 22.6. The first-order valence-electron chi connectivity index (χ1n) is 10.9. The zero-order valence-corrected chi connectivity index (χ0v) is 18.3. The third-order valence-corrected chi connectivity index (χ3v) is 5.76. The number of rotatable bonds is 8. The van der Waals surface area contributed by atoms with E-state index in [0.717, 1.165) is 37.9 Å². The molecule has 172 valence electrons. The number of aryl methyl sites for hydroxylation is 1. The van der Waals surface area contributed by atoms with Crippen LogP contribution in [0.2, 0.25) is 0 Å². The van der Waals surface area contributed by atoms with Crippen LogP contribution >= 0.6 is 0 Å². The fraction of sp³-hybridized carbons (Fsp3) is 0.333. The van der Waals surface area contributed by atoms with Crippen molar-refractivity contribution in [1.29, 1.82) is 0 Å². The summed E-state index contributed by atoms with van der Waals surface area (Å²) in [5.74, 6) is -0.638. The van der Waals surface area contributed by atoms with Crippen LogP contribution in [0.25, 0.3) is 11.1 Å². The smallest absolute Gasteiger partial charge is 0.225 e. The predicted molar refractivity (Wildman–Crippen MR) is 121 cm³/mol. The van der Waals surface area contributed by atoms with E-state index in [-0.39, 0.29) is 18.3 Å². The summed E-state index contributed by atoms with van der Waals surface area (Å²) in [7, 11) is 0. The minimum atomic E-state index is -0.762. The maximum Gasteiger partial charge on any atom is 0.225 e. The highest BCUT2D eigenvalue weighted by molar-refractivity contribution is 5.71. The van der Waals surface area contributed by atoms with E-state index < -0.39 is 11.6 Å². The number of nitrogens with zero attached hydrogens (tertiary/aromatic N) is 4. The number of carbonyl (C=O) groups excluding carboxylic acids is 1. The third kappa shape index (κ3) is 5.42. The first-order valence-corrected chi connectivity index (χ1v) is 10.9. The molecule has 0 saturated carbocycles. The van der Waals surface area contributed by atoms with Crippen LogP contribution in [0.15, 0.2) is 42.9 Å². The summed E-state index contributed by atoms with van der Waals surface area (Å²) in [6, 6.07) is 5.63. The van der Waals surface area contributed by atoms with Crippen LogP contribution in [0.5, 0.6) is 5.75 Å². The quantitative estimate of drug-likeness (QED) is 0.514.